The van der Waals surface area contributed by atoms with Crippen molar-refractivity contribution in [2.24, 2.45) is 0 Å². The number of aromatic nitrogens is 4. The monoisotopic (exact) mass is 265 g/mol. The van der Waals surface area contributed by atoms with Crippen LogP contribution >= 0.6 is 11.5 Å². The minimum absolute atomic E-state index is 0.0940. The third-order valence-electron chi connectivity index (χ3n) is 2.83. The van der Waals surface area contributed by atoms with Gasteiger partial charge in [0.15, 0.2) is 0 Å². The lowest BCUT2D eigenvalue weighted by atomic mass is 10.2. The Hall–Kier alpha value is -1.27. The maximum atomic E-state index is 4.50. The average molecular weight is 265 g/mol. The van der Waals surface area contributed by atoms with Crippen LogP contribution in [-0.4, -0.2) is 25.7 Å². The number of imidazole rings is 1. The molecule has 0 fully saturated rings. The Morgan fingerprint density at radius 1 is 1.44 bits per heavy atom. The molecule has 0 spiro atoms. The van der Waals surface area contributed by atoms with Crippen molar-refractivity contribution in [1.29, 1.82) is 0 Å². The van der Waals surface area contributed by atoms with E-state index in [9.17, 15) is 0 Å². The molecule has 2 aromatic heterocycles. The fourth-order valence-corrected chi connectivity index (χ4v) is 2.74. The number of hydrogen-bond acceptors (Lipinski definition) is 5. The normalized spacial score (nSPS) is 12.8. The van der Waals surface area contributed by atoms with E-state index in [2.05, 4.69) is 38.3 Å². The van der Waals surface area contributed by atoms with Crippen LogP contribution < -0.4 is 5.32 Å². The van der Waals surface area contributed by atoms with Crippen molar-refractivity contribution in [3.63, 3.8) is 0 Å². The summed E-state index contributed by atoms with van der Waals surface area (Å²) in [6, 6.07) is 0.0940. The number of rotatable bonds is 6. The molecule has 2 rings (SSSR count). The zero-order valence-electron chi connectivity index (χ0n) is 11.1. The van der Waals surface area contributed by atoms with Gasteiger partial charge in [-0.1, -0.05) is 18.3 Å². The first-order chi connectivity index (χ1) is 8.77. The summed E-state index contributed by atoms with van der Waals surface area (Å²) in [5.74, 6) is 1.05. The Kier molecular flexibility index (Phi) is 4.43. The van der Waals surface area contributed by atoms with Crippen LogP contribution in [0.1, 0.15) is 42.7 Å². The first-order valence-electron chi connectivity index (χ1n) is 6.31. The topological polar surface area (TPSA) is 55.6 Å². The van der Waals surface area contributed by atoms with Gasteiger partial charge in [0.2, 0.25) is 0 Å². The highest BCUT2D eigenvalue weighted by molar-refractivity contribution is 7.05. The summed E-state index contributed by atoms with van der Waals surface area (Å²) in [7, 11) is 0. The van der Waals surface area contributed by atoms with Gasteiger partial charge < -0.3 is 9.88 Å². The van der Waals surface area contributed by atoms with Crippen molar-refractivity contribution in [3.8, 4) is 0 Å². The van der Waals surface area contributed by atoms with E-state index in [0.29, 0.717) is 0 Å². The van der Waals surface area contributed by atoms with Gasteiger partial charge in [-0.15, -0.1) is 5.10 Å². The number of nitrogens with one attached hydrogen (secondary N) is 1. The first kappa shape index (κ1) is 13.2. The summed E-state index contributed by atoms with van der Waals surface area (Å²) in [6.45, 7) is 8.15. The number of hydrogen-bond donors (Lipinski definition) is 1. The van der Waals surface area contributed by atoms with Crippen LogP contribution in [0.25, 0.3) is 0 Å². The highest BCUT2D eigenvalue weighted by atomic mass is 32.1. The van der Waals surface area contributed by atoms with Crippen molar-refractivity contribution >= 4 is 11.5 Å². The molecule has 2 aromatic rings. The second-order valence-electron chi connectivity index (χ2n) is 4.19. The van der Waals surface area contributed by atoms with E-state index >= 15 is 0 Å². The van der Waals surface area contributed by atoms with Crippen molar-refractivity contribution in [1.82, 2.24) is 24.5 Å². The van der Waals surface area contributed by atoms with Gasteiger partial charge in [0, 0.05) is 18.9 Å². The molecule has 0 aliphatic rings. The molecule has 0 bridgehead atoms. The van der Waals surface area contributed by atoms with Gasteiger partial charge in [-0.3, -0.25) is 0 Å². The summed E-state index contributed by atoms with van der Waals surface area (Å²) in [6.07, 6.45) is 4.99. The molecule has 0 aliphatic carbocycles. The molecule has 98 valence electrons. The zero-order valence-corrected chi connectivity index (χ0v) is 11.9. The van der Waals surface area contributed by atoms with E-state index in [0.717, 1.165) is 35.9 Å². The van der Waals surface area contributed by atoms with Crippen molar-refractivity contribution in [2.75, 3.05) is 6.54 Å². The van der Waals surface area contributed by atoms with Crippen molar-refractivity contribution in [2.45, 2.75) is 39.8 Å². The fraction of sp³-hybridized carbons (Fsp3) is 0.583. The summed E-state index contributed by atoms with van der Waals surface area (Å²) >= 11 is 1.45. The van der Waals surface area contributed by atoms with Crippen molar-refractivity contribution < 1.29 is 0 Å². The Balaban J connectivity index is 2.35. The minimum atomic E-state index is 0.0940. The van der Waals surface area contributed by atoms with E-state index < -0.39 is 0 Å². The Bertz CT molecular complexity index is 490. The largest absolute Gasteiger partial charge is 0.333 e. The fourth-order valence-electron chi connectivity index (χ4n) is 2.02. The number of nitrogens with zero attached hydrogens (tertiary/aromatic N) is 4. The molecule has 0 saturated carbocycles. The van der Waals surface area contributed by atoms with Gasteiger partial charge in [-0.05, 0) is 31.4 Å². The van der Waals surface area contributed by atoms with Gasteiger partial charge in [-0.25, -0.2) is 4.98 Å². The smallest absolute Gasteiger partial charge is 0.131 e. The molecular weight excluding hydrogens is 246 g/mol. The molecule has 0 saturated heterocycles. The highest BCUT2D eigenvalue weighted by Gasteiger charge is 2.22. The van der Waals surface area contributed by atoms with E-state index in [1.807, 2.05) is 19.3 Å². The molecular formula is C12H19N5S. The summed E-state index contributed by atoms with van der Waals surface area (Å²) < 4.78 is 6.23. The molecule has 0 aliphatic heterocycles. The van der Waals surface area contributed by atoms with Gasteiger partial charge in [0.25, 0.3) is 0 Å². The molecule has 0 aromatic carbocycles. The molecule has 18 heavy (non-hydrogen) atoms. The molecule has 0 amide bonds. The maximum Gasteiger partial charge on any atom is 0.131 e. The van der Waals surface area contributed by atoms with Crippen LogP contribution in [0, 0.1) is 6.92 Å². The molecule has 1 N–H and O–H groups in total. The minimum Gasteiger partial charge on any atom is -0.333 e. The third-order valence-corrected chi connectivity index (χ3v) is 3.72. The molecule has 2 heterocycles. The Morgan fingerprint density at radius 2 is 2.28 bits per heavy atom. The summed E-state index contributed by atoms with van der Waals surface area (Å²) in [5, 5.41) is 7.57. The van der Waals surface area contributed by atoms with Crippen LogP contribution in [-0.2, 0) is 6.54 Å². The van der Waals surface area contributed by atoms with E-state index in [-0.39, 0.29) is 6.04 Å². The molecule has 5 nitrogen and oxygen atoms in total. The highest BCUT2D eigenvalue weighted by Crippen LogP contribution is 2.25. The van der Waals surface area contributed by atoms with E-state index in [1.54, 1.807) is 0 Å². The molecule has 1 unspecified atom stereocenters. The molecule has 0 radical (unpaired) electrons. The van der Waals surface area contributed by atoms with Crippen LogP contribution in [0.2, 0.25) is 0 Å². The van der Waals surface area contributed by atoms with Crippen molar-refractivity contribution in [3.05, 3.63) is 28.8 Å². The van der Waals surface area contributed by atoms with Gasteiger partial charge in [0.05, 0.1) is 10.6 Å². The van der Waals surface area contributed by atoms with E-state index in [4.69, 9.17) is 0 Å². The van der Waals surface area contributed by atoms with Crippen LogP contribution in [0.5, 0.6) is 0 Å². The van der Waals surface area contributed by atoms with Gasteiger partial charge in [0.1, 0.15) is 11.9 Å². The van der Waals surface area contributed by atoms with Gasteiger partial charge in [-0.2, -0.15) is 0 Å². The zero-order chi connectivity index (χ0) is 13.0. The maximum absolute atomic E-state index is 4.50. The van der Waals surface area contributed by atoms with Crippen LogP contribution in [0.4, 0.5) is 0 Å². The van der Waals surface area contributed by atoms with E-state index in [1.165, 1.54) is 11.5 Å². The SMILES string of the molecule is CCCn1ccnc1C(NCC)c1snnc1C. The summed E-state index contributed by atoms with van der Waals surface area (Å²) in [4.78, 5) is 5.66. The van der Waals surface area contributed by atoms with Crippen LogP contribution in [0.15, 0.2) is 12.4 Å². The average Bonchev–Trinajstić information content (AvgIpc) is 2.96. The lowest BCUT2D eigenvalue weighted by molar-refractivity contribution is 0.547. The predicted octanol–water partition coefficient (Wildman–Crippen LogP) is 2.15. The predicted molar refractivity (Wildman–Crippen MR) is 72.7 cm³/mol. The quantitative estimate of drug-likeness (QED) is 0.869. The Morgan fingerprint density at radius 3 is 2.89 bits per heavy atom. The lowest BCUT2D eigenvalue weighted by Crippen LogP contribution is -2.25. The first-order valence-corrected chi connectivity index (χ1v) is 7.08. The second kappa shape index (κ2) is 6.06. The standard InChI is InChI=1S/C12H19N5S/c1-4-7-17-8-6-14-12(17)10(13-5-2)11-9(3)15-16-18-11/h6,8,10,13H,4-5,7H2,1-3H3. The second-order valence-corrected chi connectivity index (χ2v) is 4.98. The number of aryl methyl sites for hydroxylation is 2. The third kappa shape index (κ3) is 2.59. The Labute approximate surface area is 111 Å². The van der Waals surface area contributed by atoms with Gasteiger partial charge >= 0.3 is 0 Å². The lowest BCUT2D eigenvalue weighted by Gasteiger charge is -2.17. The summed E-state index contributed by atoms with van der Waals surface area (Å²) in [5.41, 5.74) is 0.983. The van der Waals surface area contributed by atoms with Crippen LogP contribution in [0.3, 0.4) is 0 Å². The molecule has 1 atom stereocenters. The molecule has 6 heteroatoms.